The smallest absolute Gasteiger partial charge is 0.393 e. The summed E-state index contributed by atoms with van der Waals surface area (Å²) in [5, 5.41) is 11.6. The number of rotatable bonds is 5. The first-order valence-corrected chi connectivity index (χ1v) is 8.34. The first-order valence-electron chi connectivity index (χ1n) is 8.34. The standard InChI is InChI=1S/C20H19N3O4/c1-12-5-7-16(9-14(12)3)26-19-18(23(24)25)20(22-11-21-19)27-17-8-6-13(2)15(4)10-17/h5-11H,1-4H3. The average molecular weight is 365 g/mol. The minimum atomic E-state index is -0.604. The van der Waals surface area contributed by atoms with Crippen molar-refractivity contribution in [2.45, 2.75) is 27.7 Å². The van der Waals surface area contributed by atoms with E-state index in [2.05, 4.69) is 9.97 Å². The minimum absolute atomic E-state index is 0.169. The van der Waals surface area contributed by atoms with Crippen LogP contribution in [0.15, 0.2) is 42.7 Å². The summed E-state index contributed by atoms with van der Waals surface area (Å²) in [5.74, 6) is 0.572. The van der Waals surface area contributed by atoms with Crippen LogP contribution in [0.3, 0.4) is 0 Å². The van der Waals surface area contributed by atoms with E-state index in [1.807, 2.05) is 39.8 Å². The monoisotopic (exact) mass is 365 g/mol. The van der Waals surface area contributed by atoms with Gasteiger partial charge in [0.15, 0.2) is 0 Å². The highest BCUT2D eigenvalue weighted by atomic mass is 16.6. The van der Waals surface area contributed by atoms with Crippen molar-refractivity contribution in [3.05, 3.63) is 75.1 Å². The Hall–Kier alpha value is -3.48. The van der Waals surface area contributed by atoms with Gasteiger partial charge in [-0.05, 0) is 74.2 Å². The largest absolute Gasteiger partial charge is 0.433 e. The Labute approximate surface area is 156 Å². The number of aromatic nitrogens is 2. The molecule has 27 heavy (non-hydrogen) atoms. The summed E-state index contributed by atoms with van der Waals surface area (Å²) < 4.78 is 11.3. The maximum atomic E-state index is 11.6. The molecule has 3 aromatic rings. The Morgan fingerprint density at radius 2 is 1.22 bits per heavy atom. The third-order valence-electron chi connectivity index (χ3n) is 4.32. The van der Waals surface area contributed by atoms with Crippen LogP contribution in [0.25, 0.3) is 0 Å². The van der Waals surface area contributed by atoms with Gasteiger partial charge in [0.2, 0.25) is 0 Å². The molecule has 7 nitrogen and oxygen atoms in total. The molecular weight excluding hydrogens is 346 g/mol. The summed E-state index contributed by atoms with van der Waals surface area (Å²) in [4.78, 5) is 18.9. The SMILES string of the molecule is Cc1ccc(Oc2ncnc(Oc3ccc(C)c(C)c3)c2[N+](=O)[O-])cc1C. The van der Waals surface area contributed by atoms with E-state index in [1.165, 1.54) is 6.33 Å². The van der Waals surface area contributed by atoms with Crippen LogP contribution in [-0.4, -0.2) is 14.9 Å². The van der Waals surface area contributed by atoms with Crippen LogP contribution in [-0.2, 0) is 0 Å². The summed E-state index contributed by atoms with van der Waals surface area (Å²) in [6.45, 7) is 7.82. The molecule has 0 radical (unpaired) electrons. The number of ether oxygens (including phenoxy) is 2. The Balaban J connectivity index is 1.97. The van der Waals surface area contributed by atoms with E-state index in [-0.39, 0.29) is 11.8 Å². The number of nitrogens with zero attached hydrogens (tertiary/aromatic N) is 3. The first-order chi connectivity index (χ1) is 12.8. The van der Waals surface area contributed by atoms with E-state index in [4.69, 9.17) is 9.47 Å². The van der Waals surface area contributed by atoms with E-state index in [0.717, 1.165) is 22.3 Å². The Kier molecular flexibility index (Phi) is 5.03. The molecule has 1 heterocycles. The lowest BCUT2D eigenvalue weighted by Gasteiger charge is -2.10. The van der Waals surface area contributed by atoms with Gasteiger partial charge in [-0.2, -0.15) is 9.97 Å². The van der Waals surface area contributed by atoms with Gasteiger partial charge in [0, 0.05) is 0 Å². The minimum Gasteiger partial charge on any atom is -0.433 e. The quantitative estimate of drug-likeness (QED) is 0.456. The van der Waals surface area contributed by atoms with Crippen LogP contribution in [0.1, 0.15) is 22.3 Å². The summed E-state index contributed by atoms with van der Waals surface area (Å²) >= 11 is 0. The highest BCUT2D eigenvalue weighted by Crippen LogP contribution is 2.38. The predicted molar refractivity (Wildman–Crippen MR) is 101 cm³/mol. The third kappa shape index (κ3) is 4.03. The molecule has 0 fully saturated rings. The van der Waals surface area contributed by atoms with E-state index in [9.17, 15) is 10.1 Å². The van der Waals surface area contributed by atoms with Gasteiger partial charge in [0.05, 0.1) is 4.92 Å². The van der Waals surface area contributed by atoms with Crippen molar-refractivity contribution in [1.29, 1.82) is 0 Å². The lowest BCUT2D eigenvalue weighted by Crippen LogP contribution is -2.01. The molecule has 0 amide bonds. The molecule has 0 N–H and O–H groups in total. The average Bonchev–Trinajstić information content (AvgIpc) is 2.61. The summed E-state index contributed by atoms with van der Waals surface area (Å²) in [7, 11) is 0. The van der Waals surface area contributed by atoms with Crippen LogP contribution in [0, 0.1) is 37.8 Å². The van der Waals surface area contributed by atoms with Crippen molar-refractivity contribution in [3.63, 3.8) is 0 Å². The summed E-state index contributed by atoms with van der Waals surface area (Å²) in [6, 6.07) is 10.8. The maximum Gasteiger partial charge on any atom is 0.393 e. The zero-order valence-corrected chi connectivity index (χ0v) is 15.5. The van der Waals surface area contributed by atoms with E-state index in [1.54, 1.807) is 24.3 Å². The number of aryl methyl sites for hydroxylation is 4. The normalized spacial score (nSPS) is 10.5. The van der Waals surface area contributed by atoms with Crippen molar-refractivity contribution in [2.75, 3.05) is 0 Å². The second kappa shape index (κ2) is 7.41. The summed E-state index contributed by atoms with van der Waals surface area (Å²) in [6.07, 6.45) is 1.18. The molecule has 0 aliphatic heterocycles. The molecule has 0 aliphatic carbocycles. The Bertz CT molecular complexity index is 946. The van der Waals surface area contributed by atoms with E-state index < -0.39 is 10.6 Å². The highest BCUT2D eigenvalue weighted by molar-refractivity contribution is 5.52. The van der Waals surface area contributed by atoms with Crippen molar-refractivity contribution in [3.8, 4) is 23.3 Å². The van der Waals surface area contributed by atoms with Crippen molar-refractivity contribution >= 4 is 5.69 Å². The molecule has 0 spiro atoms. The van der Waals surface area contributed by atoms with Gasteiger partial charge in [-0.3, -0.25) is 10.1 Å². The molecule has 0 unspecified atom stereocenters. The molecule has 7 heteroatoms. The molecule has 1 aromatic heterocycles. The second-order valence-corrected chi connectivity index (χ2v) is 6.29. The van der Waals surface area contributed by atoms with Crippen LogP contribution in [0.4, 0.5) is 5.69 Å². The predicted octanol–water partition coefficient (Wildman–Crippen LogP) is 5.20. The molecule has 0 bridgehead atoms. The van der Waals surface area contributed by atoms with Crippen molar-refractivity contribution in [1.82, 2.24) is 9.97 Å². The lowest BCUT2D eigenvalue weighted by atomic mass is 10.1. The molecular formula is C20H19N3O4. The zero-order chi connectivity index (χ0) is 19.6. The summed E-state index contributed by atoms with van der Waals surface area (Å²) in [5.41, 5.74) is 3.79. The first kappa shape index (κ1) is 18.3. The molecule has 0 aliphatic rings. The van der Waals surface area contributed by atoms with E-state index >= 15 is 0 Å². The molecule has 138 valence electrons. The van der Waals surface area contributed by atoms with Gasteiger partial charge in [-0.25, -0.2) is 0 Å². The second-order valence-electron chi connectivity index (χ2n) is 6.29. The topological polar surface area (TPSA) is 87.4 Å². The molecule has 0 saturated carbocycles. The number of hydrogen-bond donors (Lipinski definition) is 0. The van der Waals surface area contributed by atoms with Crippen molar-refractivity contribution < 1.29 is 14.4 Å². The zero-order valence-electron chi connectivity index (χ0n) is 15.5. The Morgan fingerprint density at radius 3 is 1.59 bits per heavy atom. The van der Waals surface area contributed by atoms with Gasteiger partial charge < -0.3 is 9.47 Å². The molecule has 0 saturated heterocycles. The number of nitro groups is 1. The maximum absolute atomic E-state index is 11.6. The fourth-order valence-electron chi connectivity index (χ4n) is 2.43. The van der Waals surface area contributed by atoms with Crippen LogP contribution < -0.4 is 9.47 Å². The molecule has 2 aromatic carbocycles. The van der Waals surface area contributed by atoms with Crippen LogP contribution in [0.5, 0.6) is 23.3 Å². The number of hydrogen-bond acceptors (Lipinski definition) is 6. The van der Waals surface area contributed by atoms with Gasteiger partial charge in [0.25, 0.3) is 0 Å². The van der Waals surface area contributed by atoms with Gasteiger partial charge >= 0.3 is 17.4 Å². The molecule has 0 atom stereocenters. The third-order valence-corrected chi connectivity index (χ3v) is 4.32. The van der Waals surface area contributed by atoms with Gasteiger partial charge in [-0.15, -0.1) is 0 Å². The van der Waals surface area contributed by atoms with Crippen molar-refractivity contribution in [2.24, 2.45) is 0 Å². The number of benzene rings is 2. The van der Waals surface area contributed by atoms with Crippen LogP contribution in [0.2, 0.25) is 0 Å². The van der Waals surface area contributed by atoms with E-state index in [0.29, 0.717) is 11.5 Å². The fourth-order valence-corrected chi connectivity index (χ4v) is 2.43. The Morgan fingerprint density at radius 1 is 0.778 bits per heavy atom. The van der Waals surface area contributed by atoms with Gasteiger partial charge in [-0.1, -0.05) is 12.1 Å². The lowest BCUT2D eigenvalue weighted by molar-refractivity contribution is -0.387. The fraction of sp³-hybridized carbons (Fsp3) is 0.200. The van der Waals surface area contributed by atoms with Gasteiger partial charge in [0.1, 0.15) is 17.8 Å². The highest BCUT2D eigenvalue weighted by Gasteiger charge is 2.27. The molecule has 3 rings (SSSR count). The van der Waals surface area contributed by atoms with Crippen LogP contribution >= 0.6 is 0 Å².